The molecule has 0 unspecified atom stereocenters. The first-order valence-corrected chi connectivity index (χ1v) is 8.18. The highest BCUT2D eigenvalue weighted by Gasteiger charge is 2.10. The smallest absolute Gasteiger partial charge is 0.170 e. The largest absolute Gasteiger partial charge is 0.409 e. The van der Waals surface area contributed by atoms with Crippen LogP contribution in [0.5, 0.6) is 0 Å². The molecule has 3 aromatic rings. The number of fused-ring (bicyclic) bond motifs is 1. The second-order valence-electron chi connectivity index (χ2n) is 6.04. The molecule has 8 nitrogen and oxygen atoms in total. The van der Waals surface area contributed by atoms with E-state index in [1.165, 1.54) is 5.01 Å². The molecule has 0 bridgehead atoms. The summed E-state index contributed by atoms with van der Waals surface area (Å²) in [6.45, 7) is 0.412. The minimum absolute atomic E-state index is 0.0502. The Hall–Kier alpha value is -3.78. The highest BCUT2D eigenvalue weighted by atomic mass is 16.4. The van der Waals surface area contributed by atoms with Gasteiger partial charge in [-0.1, -0.05) is 53.7 Å². The summed E-state index contributed by atoms with van der Waals surface area (Å²) >= 11 is 0. The lowest BCUT2D eigenvalue weighted by atomic mass is 10.0. The van der Waals surface area contributed by atoms with Crippen molar-refractivity contribution in [2.75, 3.05) is 5.73 Å². The Morgan fingerprint density at radius 3 is 2.52 bits per heavy atom. The number of nitrogens with two attached hydrogens (primary N) is 4. The van der Waals surface area contributed by atoms with Crippen LogP contribution < -0.4 is 23.0 Å². The molecule has 9 N–H and O–H groups in total. The number of aromatic nitrogens is 1. The number of pyridine rings is 1. The summed E-state index contributed by atoms with van der Waals surface area (Å²) in [7, 11) is 0. The van der Waals surface area contributed by atoms with Gasteiger partial charge in [-0.05, 0) is 10.9 Å². The molecule has 27 heavy (non-hydrogen) atoms. The molecule has 0 amide bonds. The number of nitrogen functional groups attached to an aromatic ring is 1. The molecule has 0 saturated carbocycles. The van der Waals surface area contributed by atoms with Crippen molar-refractivity contribution in [2.45, 2.75) is 6.54 Å². The summed E-state index contributed by atoms with van der Waals surface area (Å²) in [6, 6.07) is 14.9. The number of hydrogen-bond donors (Lipinski definition) is 5. The number of nitrogens with zero attached hydrogens (tertiary/aromatic N) is 3. The number of anilines is 1. The summed E-state index contributed by atoms with van der Waals surface area (Å²) in [5.41, 5.74) is 20.5. The number of hydrogen-bond acceptors (Lipinski definition) is 7. The van der Waals surface area contributed by atoms with Crippen LogP contribution >= 0.6 is 0 Å². The molecule has 0 atom stereocenters. The maximum atomic E-state index is 8.71. The van der Waals surface area contributed by atoms with E-state index in [9.17, 15) is 0 Å². The third-order valence-electron chi connectivity index (χ3n) is 4.15. The van der Waals surface area contributed by atoms with Gasteiger partial charge in [0.1, 0.15) is 5.82 Å². The number of benzene rings is 2. The predicted molar refractivity (Wildman–Crippen MR) is 107 cm³/mol. The first kappa shape index (κ1) is 18.0. The minimum atomic E-state index is 0.0502. The van der Waals surface area contributed by atoms with Crippen molar-refractivity contribution in [3.8, 4) is 0 Å². The maximum absolute atomic E-state index is 8.71. The third kappa shape index (κ3) is 3.91. The van der Waals surface area contributed by atoms with E-state index in [-0.39, 0.29) is 5.84 Å². The van der Waals surface area contributed by atoms with Gasteiger partial charge in [0.05, 0.1) is 12.2 Å². The summed E-state index contributed by atoms with van der Waals surface area (Å²) in [5, 5.41) is 15.0. The molecule has 0 spiro atoms. The first-order chi connectivity index (χ1) is 13.0. The number of rotatable bonds is 5. The lowest BCUT2D eigenvalue weighted by molar-refractivity contribution is 0.318. The van der Waals surface area contributed by atoms with E-state index in [0.717, 1.165) is 16.3 Å². The van der Waals surface area contributed by atoms with E-state index in [0.29, 0.717) is 29.2 Å². The van der Waals surface area contributed by atoms with Gasteiger partial charge in [-0.2, -0.15) is 0 Å². The molecular weight excluding hydrogens is 342 g/mol. The Morgan fingerprint density at radius 2 is 1.81 bits per heavy atom. The monoisotopic (exact) mass is 363 g/mol. The van der Waals surface area contributed by atoms with Gasteiger partial charge in [0.2, 0.25) is 0 Å². The van der Waals surface area contributed by atoms with E-state index in [1.807, 2.05) is 36.4 Å². The van der Waals surface area contributed by atoms with Crippen LogP contribution in [0.2, 0.25) is 0 Å². The number of hydrazine groups is 1. The molecule has 3 rings (SSSR count). The van der Waals surface area contributed by atoms with Gasteiger partial charge in [0.15, 0.2) is 5.84 Å². The fourth-order valence-corrected chi connectivity index (χ4v) is 2.82. The van der Waals surface area contributed by atoms with Crippen LogP contribution in [0.15, 0.2) is 66.1 Å². The Labute approximate surface area is 156 Å². The molecule has 0 aliphatic heterocycles. The zero-order valence-corrected chi connectivity index (χ0v) is 14.6. The molecular formula is C19H21N7O. The average Bonchev–Trinajstić information content (AvgIpc) is 2.67. The highest BCUT2D eigenvalue weighted by Crippen LogP contribution is 2.26. The van der Waals surface area contributed by atoms with Crippen LogP contribution in [0, 0.1) is 0 Å². The van der Waals surface area contributed by atoms with Crippen molar-refractivity contribution in [1.82, 2.24) is 9.99 Å². The molecule has 1 heterocycles. The van der Waals surface area contributed by atoms with Crippen molar-refractivity contribution in [3.63, 3.8) is 0 Å². The number of amidine groups is 1. The fraction of sp³-hybridized carbons (Fsp3) is 0.0526. The Morgan fingerprint density at radius 1 is 1.11 bits per heavy atom. The normalized spacial score (nSPS) is 12.3. The van der Waals surface area contributed by atoms with Gasteiger partial charge in [0, 0.05) is 28.9 Å². The van der Waals surface area contributed by atoms with Gasteiger partial charge in [0.25, 0.3) is 0 Å². The van der Waals surface area contributed by atoms with Gasteiger partial charge in [-0.15, -0.1) is 0 Å². The van der Waals surface area contributed by atoms with Gasteiger partial charge < -0.3 is 27.4 Å². The average molecular weight is 363 g/mol. The highest BCUT2D eigenvalue weighted by molar-refractivity contribution is 5.97. The summed E-state index contributed by atoms with van der Waals surface area (Å²) in [6.07, 6.45) is 3.34. The zero-order valence-electron chi connectivity index (χ0n) is 14.6. The van der Waals surface area contributed by atoms with Crippen LogP contribution in [0.3, 0.4) is 0 Å². The Bertz CT molecular complexity index is 1010. The minimum Gasteiger partial charge on any atom is -0.409 e. The van der Waals surface area contributed by atoms with Crippen molar-refractivity contribution in [2.24, 2.45) is 22.5 Å². The second-order valence-corrected chi connectivity index (χ2v) is 6.04. The Balaban J connectivity index is 1.83. The fourth-order valence-electron chi connectivity index (χ4n) is 2.82. The topological polar surface area (TPSA) is 153 Å². The van der Waals surface area contributed by atoms with E-state index in [2.05, 4.69) is 10.1 Å². The molecule has 0 fully saturated rings. The molecule has 8 heteroatoms. The van der Waals surface area contributed by atoms with E-state index in [1.54, 1.807) is 24.5 Å². The Kier molecular flexibility index (Phi) is 5.09. The molecule has 2 aromatic carbocycles. The third-order valence-corrected chi connectivity index (χ3v) is 4.15. The maximum Gasteiger partial charge on any atom is 0.170 e. The van der Waals surface area contributed by atoms with Gasteiger partial charge in [-0.25, -0.2) is 10.8 Å². The standard InChI is InChI=1S/C19H21N7O/c20-16(17-15-4-2-1-3-14(15)9-24-19(17)22)11-26(23)10-12-5-7-13(8-6-12)18(21)25-27/h1-9,11,27H,10,20,23H2,(H2,21,25)(H2,22,24)/b16-11-. The van der Waals surface area contributed by atoms with Crippen molar-refractivity contribution >= 4 is 28.1 Å². The molecule has 138 valence electrons. The van der Waals surface area contributed by atoms with E-state index < -0.39 is 0 Å². The molecule has 0 saturated heterocycles. The van der Waals surface area contributed by atoms with Crippen molar-refractivity contribution < 1.29 is 5.21 Å². The lowest BCUT2D eigenvalue weighted by Crippen LogP contribution is -2.26. The SMILES string of the molecule is N/C(=C\N(N)Cc1ccc(/C(N)=N\O)cc1)c1c(N)ncc2ccccc12. The van der Waals surface area contributed by atoms with Crippen LogP contribution in [0.1, 0.15) is 16.7 Å². The predicted octanol–water partition coefficient (Wildman–Crippen LogP) is 1.54. The molecule has 0 radical (unpaired) electrons. The molecule has 1 aromatic heterocycles. The van der Waals surface area contributed by atoms with Crippen LogP contribution in [-0.4, -0.2) is 21.0 Å². The quantitative estimate of drug-likeness (QED) is 0.151. The second kappa shape index (κ2) is 7.63. The van der Waals surface area contributed by atoms with Crippen LogP contribution in [0.4, 0.5) is 5.82 Å². The van der Waals surface area contributed by atoms with Crippen molar-refractivity contribution in [1.29, 1.82) is 0 Å². The molecule has 0 aliphatic carbocycles. The zero-order chi connectivity index (χ0) is 19.4. The summed E-state index contributed by atoms with van der Waals surface area (Å²) in [4.78, 5) is 4.21. The van der Waals surface area contributed by atoms with E-state index in [4.69, 9.17) is 28.3 Å². The number of oxime groups is 1. The summed E-state index contributed by atoms with van der Waals surface area (Å²) in [5.74, 6) is 6.49. The lowest BCUT2D eigenvalue weighted by Gasteiger charge is -2.17. The molecule has 0 aliphatic rings. The van der Waals surface area contributed by atoms with Crippen LogP contribution in [0.25, 0.3) is 16.5 Å². The van der Waals surface area contributed by atoms with Gasteiger partial charge in [-0.3, -0.25) is 0 Å². The van der Waals surface area contributed by atoms with E-state index >= 15 is 0 Å². The first-order valence-electron chi connectivity index (χ1n) is 8.18. The van der Waals surface area contributed by atoms with Gasteiger partial charge >= 0.3 is 0 Å². The van der Waals surface area contributed by atoms with Crippen LogP contribution in [-0.2, 0) is 6.54 Å². The summed E-state index contributed by atoms with van der Waals surface area (Å²) < 4.78 is 0. The van der Waals surface area contributed by atoms with Crippen molar-refractivity contribution in [3.05, 3.63) is 77.6 Å².